The second kappa shape index (κ2) is 6.87. The molecular formula is C22H27N3O. The lowest BCUT2D eigenvalue weighted by Crippen LogP contribution is -2.29. The molecule has 0 radical (unpaired) electrons. The molecule has 0 atom stereocenters. The quantitative estimate of drug-likeness (QED) is 0.584. The van der Waals surface area contributed by atoms with Gasteiger partial charge in [0, 0.05) is 29.7 Å². The van der Waals surface area contributed by atoms with Crippen LogP contribution in [0.2, 0.25) is 0 Å². The van der Waals surface area contributed by atoms with E-state index in [1.165, 1.54) is 5.56 Å². The third-order valence-corrected chi connectivity index (χ3v) is 4.31. The first-order valence-corrected chi connectivity index (χ1v) is 8.90. The van der Waals surface area contributed by atoms with Crippen molar-refractivity contribution >= 4 is 22.3 Å². The van der Waals surface area contributed by atoms with Crippen molar-refractivity contribution in [2.45, 2.75) is 34.1 Å². The summed E-state index contributed by atoms with van der Waals surface area (Å²) < 4.78 is 0. The molecule has 3 rings (SSSR count). The number of hydrogen-bond donors (Lipinski definition) is 2. The number of aliphatic hydroxyl groups is 1. The van der Waals surface area contributed by atoms with Gasteiger partial charge in [0.1, 0.15) is 0 Å². The second-order valence-electron chi connectivity index (χ2n) is 8.16. The number of nitrogens with one attached hydrogen (secondary N) is 1. The van der Waals surface area contributed by atoms with Crippen molar-refractivity contribution in [3.63, 3.8) is 0 Å². The molecule has 1 heterocycles. The van der Waals surface area contributed by atoms with Crippen molar-refractivity contribution in [3.05, 3.63) is 66.1 Å². The van der Waals surface area contributed by atoms with E-state index >= 15 is 0 Å². The van der Waals surface area contributed by atoms with Gasteiger partial charge in [0.05, 0.1) is 17.5 Å². The van der Waals surface area contributed by atoms with Crippen LogP contribution >= 0.6 is 0 Å². The number of benzene rings is 2. The van der Waals surface area contributed by atoms with Gasteiger partial charge in [0.25, 0.3) is 0 Å². The Morgan fingerprint density at radius 1 is 1.23 bits per heavy atom. The minimum atomic E-state index is 0.117. The number of rotatable bonds is 5. The van der Waals surface area contributed by atoms with Gasteiger partial charge in [-0.3, -0.25) is 5.10 Å². The first-order valence-electron chi connectivity index (χ1n) is 8.90. The summed E-state index contributed by atoms with van der Waals surface area (Å²) in [4.78, 5) is 2.35. The van der Waals surface area contributed by atoms with Crippen LogP contribution in [-0.4, -0.2) is 21.8 Å². The molecule has 2 aromatic carbocycles. The zero-order valence-corrected chi connectivity index (χ0v) is 16.0. The average Bonchev–Trinajstić information content (AvgIpc) is 2.98. The standard InChI is InChI=1S/C22H27N3O/c1-15-9-18-13-23-24-20(18)12-21(15)25(14-22(3,4)5)19-8-6-7-17(11-19)10-16(2)26/h6-9,11-13,26H,2,10,14H2,1,3-5H3,(H,23,24). The molecule has 1 aromatic heterocycles. The van der Waals surface area contributed by atoms with Crippen LogP contribution in [0.15, 0.2) is 54.9 Å². The number of nitrogens with zero attached hydrogens (tertiary/aromatic N) is 2. The summed E-state index contributed by atoms with van der Waals surface area (Å²) >= 11 is 0. The number of aryl methyl sites for hydroxylation is 1. The number of hydrogen-bond acceptors (Lipinski definition) is 3. The Bertz CT molecular complexity index is 934. The first kappa shape index (κ1) is 18.1. The first-order chi connectivity index (χ1) is 12.2. The van der Waals surface area contributed by atoms with Crippen LogP contribution in [0.3, 0.4) is 0 Å². The Morgan fingerprint density at radius 2 is 2.00 bits per heavy atom. The van der Waals surface area contributed by atoms with Crippen LogP contribution in [0.5, 0.6) is 0 Å². The molecule has 0 aliphatic heterocycles. The molecule has 0 bridgehead atoms. The van der Waals surface area contributed by atoms with E-state index < -0.39 is 0 Å². The van der Waals surface area contributed by atoms with Gasteiger partial charge in [-0.25, -0.2) is 0 Å². The molecule has 0 saturated carbocycles. The molecule has 4 heteroatoms. The largest absolute Gasteiger partial charge is 0.513 e. The highest BCUT2D eigenvalue weighted by Gasteiger charge is 2.21. The van der Waals surface area contributed by atoms with Gasteiger partial charge < -0.3 is 10.0 Å². The minimum Gasteiger partial charge on any atom is -0.513 e. The topological polar surface area (TPSA) is 52.1 Å². The molecule has 0 amide bonds. The summed E-state index contributed by atoms with van der Waals surface area (Å²) in [6.45, 7) is 13.3. The summed E-state index contributed by atoms with van der Waals surface area (Å²) in [5.41, 5.74) is 5.68. The zero-order valence-electron chi connectivity index (χ0n) is 16.0. The lowest BCUT2D eigenvalue weighted by Gasteiger charge is -2.33. The molecule has 0 saturated heterocycles. The van der Waals surface area contributed by atoms with E-state index in [1.54, 1.807) is 0 Å². The van der Waals surface area contributed by atoms with E-state index in [2.05, 4.69) is 73.6 Å². The highest BCUT2D eigenvalue weighted by atomic mass is 16.3. The lowest BCUT2D eigenvalue weighted by atomic mass is 9.94. The Hall–Kier alpha value is -2.75. The Morgan fingerprint density at radius 3 is 2.69 bits per heavy atom. The summed E-state index contributed by atoms with van der Waals surface area (Å²) in [7, 11) is 0. The molecule has 26 heavy (non-hydrogen) atoms. The number of allylic oxidation sites excluding steroid dienone is 1. The fraction of sp³-hybridized carbons (Fsp3) is 0.318. The van der Waals surface area contributed by atoms with E-state index in [-0.39, 0.29) is 11.2 Å². The predicted octanol–water partition coefficient (Wildman–Crippen LogP) is 5.67. The third kappa shape index (κ3) is 4.07. The fourth-order valence-electron chi connectivity index (χ4n) is 3.24. The number of anilines is 2. The zero-order chi connectivity index (χ0) is 18.9. The lowest BCUT2D eigenvalue weighted by molar-refractivity contribution is 0.401. The molecule has 0 aliphatic rings. The van der Waals surface area contributed by atoms with Crippen LogP contribution in [0.1, 0.15) is 31.9 Å². The van der Waals surface area contributed by atoms with Gasteiger partial charge >= 0.3 is 0 Å². The molecule has 0 unspecified atom stereocenters. The van der Waals surface area contributed by atoms with Gasteiger partial charge in [-0.2, -0.15) is 5.10 Å². The normalized spacial score (nSPS) is 11.7. The number of H-pyrrole nitrogens is 1. The molecule has 0 spiro atoms. The summed E-state index contributed by atoms with van der Waals surface area (Å²) in [5, 5.41) is 17.9. The number of aliphatic hydroxyl groups excluding tert-OH is 1. The van der Waals surface area contributed by atoms with E-state index in [1.807, 2.05) is 18.3 Å². The van der Waals surface area contributed by atoms with Crippen molar-refractivity contribution in [1.82, 2.24) is 10.2 Å². The SMILES string of the molecule is C=C(O)Cc1cccc(N(CC(C)(C)C)c2cc3[nH]ncc3cc2C)c1. The molecule has 2 N–H and O–H groups in total. The van der Waals surface area contributed by atoms with Gasteiger partial charge in [0.15, 0.2) is 0 Å². The molecular weight excluding hydrogens is 322 g/mol. The maximum Gasteiger partial charge on any atom is 0.0894 e. The van der Waals surface area contributed by atoms with Gasteiger partial charge in [-0.1, -0.05) is 39.5 Å². The summed E-state index contributed by atoms with van der Waals surface area (Å²) in [6, 6.07) is 12.6. The van der Waals surface area contributed by atoms with Crippen molar-refractivity contribution in [2.75, 3.05) is 11.4 Å². The van der Waals surface area contributed by atoms with Crippen molar-refractivity contribution in [2.24, 2.45) is 5.41 Å². The monoisotopic (exact) mass is 349 g/mol. The summed E-state index contributed by atoms with van der Waals surface area (Å²) in [5.74, 6) is 0.180. The van der Waals surface area contributed by atoms with E-state index in [0.717, 1.165) is 34.4 Å². The average molecular weight is 349 g/mol. The number of aromatic nitrogens is 2. The Balaban J connectivity index is 2.10. The fourth-order valence-corrected chi connectivity index (χ4v) is 3.24. The Kier molecular flexibility index (Phi) is 4.77. The molecule has 136 valence electrons. The predicted molar refractivity (Wildman–Crippen MR) is 109 cm³/mol. The number of fused-ring (bicyclic) bond motifs is 1. The van der Waals surface area contributed by atoms with Crippen molar-refractivity contribution < 1.29 is 5.11 Å². The van der Waals surface area contributed by atoms with Crippen molar-refractivity contribution in [3.8, 4) is 0 Å². The number of aromatic amines is 1. The Labute approximate surface area is 155 Å². The van der Waals surface area contributed by atoms with Crippen LogP contribution in [0, 0.1) is 12.3 Å². The smallest absolute Gasteiger partial charge is 0.0894 e. The van der Waals surface area contributed by atoms with Gasteiger partial charge in [0.2, 0.25) is 0 Å². The molecule has 0 fully saturated rings. The second-order valence-corrected chi connectivity index (χ2v) is 8.16. The van der Waals surface area contributed by atoms with E-state index in [0.29, 0.717) is 6.42 Å². The van der Waals surface area contributed by atoms with E-state index in [4.69, 9.17) is 0 Å². The van der Waals surface area contributed by atoms with Gasteiger partial charge in [-0.15, -0.1) is 0 Å². The van der Waals surface area contributed by atoms with Gasteiger partial charge in [-0.05, 0) is 47.7 Å². The van der Waals surface area contributed by atoms with Crippen molar-refractivity contribution in [1.29, 1.82) is 0 Å². The third-order valence-electron chi connectivity index (χ3n) is 4.31. The van der Waals surface area contributed by atoms with E-state index in [9.17, 15) is 5.11 Å². The highest BCUT2D eigenvalue weighted by Crippen LogP contribution is 2.34. The molecule has 4 nitrogen and oxygen atoms in total. The molecule has 3 aromatic rings. The summed E-state index contributed by atoms with van der Waals surface area (Å²) in [6.07, 6.45) is 2.32. The molecule has 0 aliphatic carbocycles. The van der Waals surface area contributed by atoms with Crippen LogP contribution < -0.4 is 4.90 Å². The highest BCUT2D eigenvalue weighted by molar-refractivity contribution is 5.85. The maximum atomic E-state index is 9.56. The van der Waals surface area contributed by atoms with Crippen LogP contribution in [0.25, 0.3) is 10.9 Å². The minimum absolute atomic E-state index is 0.117. The maximum absolute atomic E-state index is 9.56. The van der Waals surface area contributed by atoms with Crippen LogP contribution in [-0.2, 0) is 6.42 Å². The van der Waals surface area contributed by atoms with Crippen LogP contribution in [0.4, 0.5) is 11.4 Å².